The molecule has 4 nitrogen and oxygen atoms in total. The maximum atomic E-state index is 5.30. The summed E-state index contributed by atoms with van der Waals surface area (Å²) in [6.45, 7) is 9.39. The highest BCUT2D eigenvalue weighted by molar-refractivity contribution is 5.29. The number of aromatic nitrogens is 1. The molecule has 1 heterocycles. The van der Waals surface area contributed by atoms with Gasteiger partial charge in [0.25, 0.3) is 0 Å². The molecular formula is C14H25N3O. The lowest BCUT2D eigenvalue weighted by molar-refractivity contribution is 0.297. The summed E-state index contributed by atoms with van der Waals surface area (Å²) in [5.41, 5.74) is 1.35. The van der Waals surface area contributed by atoms with Gasteiger partial charge >= 0.3 is 0 Å². The summed E-state index contributed by atoms with van der Waals surface area (Å²) in [6.07, 6.45) is 3.57. The van der Waals surface area contributed by atoms with Gasteiger partial charge in [-0.15, -0.1) is 0 Å². The molecule has 0 saturated heterocycles. The highest BCUT2D eigenvalue weighted by atomic mass is 16.5. The van der Waals surface area contributed by atoms with E-state index in [1.807, 2.05) is 6.07 Å². The number of nitrogens with zero attached hydrogens (tertiary/aromatic N) is 2. The fourth-order valence-electron chi connectivity index (χ4n) is 1.71. The number of nitrogens with one attached hydrogen (secondary N) is 1. The summed E-state index contributed by atoms with van der Waals surface area (Å²) < 4.78 is 5.30. The molecule has 0 aromatic carbocycles. The molecule has 1 N–H and O–H groups in total. The van der Waals surface area contributed by atoms with Crippen LogP contribution in [0.5, 0.6) is 5.75 Å². The Morgan fingerprint density at radius 3 is 2.72 bits per heavy atom. The van der Waals surface area contributed by atoms with E-state index in [1.165, 1.54) is 5.56 Å². The SMILES string of the molecule is COc1cnccc1CN(C)CCNC(C)(C)C. The molecule has 1 rings (SSSR count). The molecule has 0 fully saturated rings. The zero-order valence-electron chi connectivity index (χ0n) is 12.2. The molecule has 0 unspecified atom stereocenters. The largest absolute Gasteiger partial charge is 0.495 e. The Morgan fingerprint density at radius 1 is 1.39 bits per heavy atom. The number of ether oxygens (including phenoxy) is 1. The van der Waals surface area contributed by atoms with E-state index >= 15 is 0 Å². The predicted molar refractivity (Wildman–Crippen MR) is 74.9 cm³/mol. The van der Waals surface area contributed by atoms with Crippen molar-refractivity contribution in [1.82, 2.24) is 15.2 Å². The summed E-state index contributed by atoms with van der Waals surface area (Å²) in [4.78, 5) is 6.34. The molecular weight excluding hydrogens is 226 g/mol. The number of rotatable bonds is 6. The van der Waals surface area contributed by atoms with Gasteiger partial charge in [-0.05, 0) is 33.9 Å². The Labute approximate surface area is 110 Å². The summed E-state index contributed by atoms with van der Waals surface area (Å²) in [5.74, 6) is 0.855. The average molecular weight is 251 g/mol. The lowest BCUT2D eigenvalue weighted by atomic mass is 10.1. The van der Waals surface area contributed by atoms with Crippen LogP contribution >= 0.6 is 0 Å². The van der Waals surface area contributed by atoms with Gasteiger partial charge in [-0.25, -0.2) is 0 Å². The minimum atomic E-state index is 0.176. The Hall–Kier alpha value is -1.13. The fourth-order valence-corrected chi connectivity index (χ4v) is 1.71. The zero-order chi connectivity index (χ0) is 13.6. The summed E-state index contributed by atoms with van der Waals surface area (Å²) in [5, 5.41) is 3.48. The Morgan fingerprint density at radius 2 is 2.11 bits per heavy atom. The molecule has 0 aliphatic heterocycles. The van der Waals surface area contributed by atoms with E-state index in [9.17, 15) is 0 Å². The van der Waals surface area contributed by atoms with Gasteiger partial charge in [0.1, 0.15) is 5.75 Å². The summed E-state index contributed by atoms with van der Waals surface area (Å²) >= 11 is 0. The predicted octanol–water partition coefficient (Wildman–Crippen LogP) is 1.91. The Balaban J connectivity index is 2.42. The van der Waals surface area contributed by atoms with Gasteiger partial charge < -0.3 is 15.0 Å². The second-order valence-corrected chi connectivity index (χ2v) is 5.60. The Kier molecular flexibility index (Phi) is 5.56. The second kappa shape index (κ2) is 6.71. The number of hydrogen-bond donors (Lipinski definition) is 1. The van der Waals surface area contributed by atoms with Crippen molar-refractivity contribution in [1.29, 1.82) is 0 Å². The van der Waals surface area contributed by atoms with Crippen molar-refractivity contribution in [3.63, 3.8) is 0 Å². The monoisotopic (exact) mass is 251 g/mol. The van der Waals surface area contributed by atoms with Crippen LogP contribution in [0.25, 0.3) is 0 Å². The topological polar surface area (TPSA) is 37.4 Å². The molecule has 0 amide bonds. The molecule has 102 valence electrons. The van der Waals surface area contributed by atoms with Crippen molar-refractivity contribution >= 4 is 0 Å². The van der Waals surface area contributed by atoms with Gasteiger partial charge in [0.05, 0.1) is 13.3 Å². The van der Waals surface area contributed by atoms with Crippen LogP contribution in [0.4, 0.5) is 0 Å². The minimum absolute atomic E-state index is 0.176. The smallest absolute Gasteiger partial charge is 0.141 e. The summed E-state index contributed by atoms with van der Waals surface area (Å²) in [6, 6.07) is 2.01. The number of pyridine rings is 1. The van der Waals surface area contributed by atoms with Crippen LogP contribution in [0.1, 0.15) is 26.3 Å². The molecule has 0 spiro atoms. The van der Waals surface area contributed by atoms with Crippen LogP contribution in [0.15, 0.2) is 18.5 Å². The van der Waals surface area contributed by atoms with E-state index in [-0.39, 0.29) is 5.54 Å². The van der Waals surface area contributed by atoms with E-state index < -0.39 is 0 Å². The third kappa shape index (κ3) is 5.47. The van der Waals surface area contributed by atoms with Crippen LogP contribution in [-0.4, -0.2) is 42.7 Å². The number of methoxy groups -OCH3 is 1. The van der Waals surface area contributed by atoms with Gasteiger partial charge in [0.2, 0.25) is 0 Å². The van der Waals surface area contributed by atoms with Crippen molar-refractivity contribution in [2.75, 3.05) is 27.2 Å². The standard InChI is InChI=1S/C14H25N3O/c1-14(2,3)16-8-9-17(4)11-12-6-7-15-10-13(12)18-5/h6-7,10,16H,8-9,11H2,1-5H3. The van der Waals surface area contributed by atoms with Crippen LogP contribution in [0.3, 0.4) is 0 Å². The van der Waals surface area contributed by atoms with Crippen molar-refractivity contribution in [3.8, 4) is 5.75 Å². The molecule has 0 aliphatic rings. The maximum absolute atomic E-state index is 5.30. The Bertz CT molecular complexity index is 360. The summed E-state index contributed by atoms with van der Waals surface area (Å²) in [7, 11) is 3.80. The van der Waals surface area contributed by atoms with Gasteiger partial charge in [-0.3, -0.25) is 4.98 Å². The quantitative estimate of drug-likeness (QED) is 0.838. The molecule has 1 aromatic heterocycles. The number of hydrogen-bond acceptors (Lipinski definition) is 4. The molecule has 0 aliphatic carbocycles. The van der Waals surface area contributed by atoms with E-state index in [2.05, 4.69) is 43.0 Å². The van der Waals surface area contributed by atoms with Crippen LogP contribution in [0, 0.1) is 0 Å². The first-order valence-electron chi connectivity index (χ1n) is 6.33. The van der Waals surface area contributed by atoms with Crippen molar-refractivity contribution in [3.05, 3.63) is 24.0 Å². The van der Waals surface area contributed by atoms with E-state index in [0.717, 1.165) is 25.4 Å². The zero-order valence-corrected chi connectivity index (χ0v) is 12.2. The van der Waals surface area contributed by atoms with E-state index in [4.69, 9.17) is 4.74 Å². The third-order valence-electron chi connectivity index (χ3n) is 2.68. The first-order chi connectivity index (χ1) is 8.42. The first-order valence-corrected chi connectivity index (χ1v) is 6.33. The molecule has 0 radical (unpaired) electrons. The maximum Gasteiger partial charge on any atom is 0.141 e. The van der Waals surface area contributed by atoms with E-state index in [1.54, 1.807) is 19.5 Å². The second-order valence-electron chi connectivity index (χ2n) is 5.60. The van der Waals surface area contributed by atoms with Crippen molar-refractivity contribution in [2.24, 2.45) is 0 Å². The van der Waals surface area contributed by atoms with Gasteiger partial charge in [-0.1, -0.05) is 0 Å². The lowest BCUT2D eigenvalue weighted by Crippen LogP contribution is -2.40. The van der Waals surface area contributed by atoms with Gasteiger partial charge in [0, 0.05) is 36.9 Å². The molecule has 1 aromatic rings. The third-order valence-corrected chi connectivity index (χ3v) is 2.68. The average Bonchev–Trinajstić information content (AvgIpc) is 2.28. The highest BCUT2D eigenvalue weighted by Gasteiger charge is 2.09. The normalized spacial score (nSPS) is 11.9. The van der Waals surface area contributed by atoms with Crippen LogP contribution in [-0.2, 0) is 6.54 Å². The fraction of sp³-hybridized carbons (Fsp3) is 0.643. The molecule has 0 saturated carbocycles. The van der Waals surface area contributed by atoms with Gasteiger partial charge in [-0.2, -0.15) is 0 Å². The minimum Gasteiger partial charge on any atom is -0.495 e. The van der Waals surface area contributed by atoms with Gasteiger partial charge in [0.15, 0.2) is 0 Å². The van der Waals surface area contributed by atoms with Crippen LogP contribution in [0.2, 0.25) is 0 Å². The highest BCUT2D eigenvalue weighted by Crippen LogP contribution is 2.16. The molecule has 4 heteroatoms. The number of likely N-dealkylation sites (N-methyl/N-ethyl adjacent to an activating group) is 1. The first kappa shape index (κ1) is 14.9. The molecule has 18 heavy (non-hydrogen) atoms. The van der Waals surface area contributed by atoms with Crippen molar-refractivity contribution < 1.29 is 4.74 Å². The van der Waals surface area contributed by atoms with E-state index in [0.29, 0.717) is 0 Å². The lowest BCUT2D eigenvalue weighted by Gasteiger charge is -2.24. The molecule has 0 bridgehead atoms. The molecule has 0 atom stereocenters. The van der Waals surface area contributed by atoms with Crippen LogP contribution < -0.4 is 10.1 Å². The van der Waals surface area contributed by atoms with Crippen molar-refractivity contribution in [2.45, 2.75) is 32.9 Å².